The predicted octanol–water partition coefficient (Wildman–Crippen LogP) is 4.56. The van der Waals surface area contributed by atoms with Gasteiger partial charge in [0.05, 0.1) is 16.9 Å². The van der Waals surface area contributed by atoms with Crippen molar-refractivity contribution in [3.63, 3.8) is 0 Å². The Morgan fingerprint density at radius 1 is 1.12 bits per heavy atom. The molecule has 8 nitrogen and oxygen atoms in total. The smallest absolute Gasteiger partial charge is 0.284 e. The minimum atomic E-state index is -0.353. The van der Waals surface area contributed by atoms with Gasteiger partial charge in [-0.3, -0.25) is 14.8 Å². The first-order chi connectivity index (χ1) is 16.1. The first kappa shape index (κ1) is 27.3. The lowest BCUT2D eigenvalue weighted by atomic mass is 10.1. The zero-order valence-electron chi connectivity index (χ0n) is 20.1. The maximum absolute atomic E-state index is 11.1. The zero-order chi connectivity index (χ0) is 23.7. The molecule has 0 aliphatic heterocycles. The van der Waals surface area contributed by atoms with Crippen molar-refractivity contribution in [1.82, 2.24) is 24.9 Å². The number of nitrogens with one attached hydrogen (secondary N) is 3. The standard InChI is InChI=1S/C24H40N6O2S/c1-3-10-21(4-2)26-16-9-15-25-14-7-8-18-29-19-22(27-20-29)13-17-28-33-24-12-6-5-11-23(24)30(31)32/h5-6,11-12,19-21,25-26,28H,3-4,7-10,13-18H2,1-2H3. The van der Waals surface area contributed by atoms with Crippen LogP contribution in [0.5, 0.6) is 0 Å². The van der Waals surface area contributed by atoms with Gasteiger partial charge in [0.15, 0.2) is 0 Å². The van der Waals surface area contributed by atoms with E-state index < -0.39 is 0 Å². The molecule has 33 heavy (non-hydrogen) atoms. The molecular weight excluding hydrogens is 436 g/mol. The number of benzene rings is 1. The summed E-state index contributed by atoms with van der Waals surface area (Å²) in [5.74, 6) is 0. The van der Waals surface area contributed by atoms with Gasteiger partial charge in [0.1, 0.15) is 4.90 Å². The monoisotopic (exact) mass is 476 g/mol. The number of nitro groups is 1. The lowest BCUT2D eigenvalue weighted by molar-refractivity contribution is -0.387. The van der Waals surface area contributed by atoms with Crippen LogP contribution in [0.4, 0.5) is 5.69 Å². The summed E-state index contributed by atoms with van der Waals surface area (Å²) in [7, 11) is 0. The third-order valence-corrected chi connectivity index (χ3v) is 6.44. The van der Waals surface area contributed by atoms with Crippen LogP contribution in [0.15, 0.2) is 41.7 Å². The Hall–Kier alpha value is -1.94. The minimum Gasteiger partial charge on any atom is -0.337 e. The predicted molar refractivity (Wildman–Crippen MR) is 137 cm³/mol. The summed E-state index contributed by atoms with van der Waals surface area (Å²) in [5.41, 5.74) is 1.16. The van der Waals surface area contributed by atoms with Crippen molar-refractivity contribution in [1.29, 1.82) is 0 Å². The number of hydrogen-bond donors (Lipinski definition) is 3. The minimum absolute atomic E-state index is 0.127. The van der Waals surface area contributed by atoms with Crippen LogP contribution >= 0.6 is 11.9 Å². The van der Waals surface area contributed by atoms with Gasteiger partial charge in [-0.15, -0.1) is 0 Å². The van der Waals surface area contributed by atoms with Crippen LogP contribution in [-0.2, 0) is 13.0 Å². The fourth-order valence-corrected chi connectivity index (χ4v) is 4.40. The van der Waals surface area contributed by atoms with Crippen LogP contribution < -0.4 is 15.4 Å². The molecule has 0 radical (unpaired) electrons. The molecule has 2 rings (SSSR count). The van der Waals surface area contributed by atoms with Gasteiger partial charge in [-0.2, -0.15) is 0 Å². The van der Waals surface area contributed by atoms with Crippen molar-refractivity contribution in [3.8, 4) is 0 Å². The molecule has 1 aromatic carbocycles. The number of rotatable bonds is 19. The molecule has 1 aromatic heterocycles. The first-order valence-electron chi connectivity index (χ1n) is 12.2. The van der Waals surface area contributed by atoms with Crippen LogP contribution in [0.2, 0.25) is 0 Å². The summed E-state index contributed by atoms with van der Waals surface area (Å²) in [6.07, 6.45) is 12.0. The fourth-order valence-electron chi connectivity index (χ4n) is 3.65. The van der Waals surface area contributed by atoms with E-state index in [2.05, 4.69) is 45.0 Å². The maximum atomic E-state index is 11.1. The summed E-state index contributed by atoms with van der Waals surface area (Å²) < 4.78 is 5.35. The summed E-state index contributed by atoms with van der Waals surface area (Å²) >= 11 is 1.29. The number of hydrogen-bond acceptors (Lipinski definition) is 7. The Morgan fingerprint density at radius 2 is 1.94 bits per heavy atom. The van der Waals surface area contributed by atoms with E-state index in [0.29, 0.717) is 17.5 Å². The van der Waals surface area contributed by atoms with E-state index >= 15 is 0 Å². The fraction of sp³-hybridized carbons (Fsp3) is 0.625. The second-order valence-corrected chi connectivity index (χ2v) is 9.17. The van der Waals surface area contributed by atoms with Crippen LogP contribution in [-0.4, -0.2) is 46.7 Å². The molecule has 0 aliphatic rings. The van der Waals surface area contributed by atoms with E-state index in [0.717, 1.165) is 51.1 Å². The van der Waals surface area contributed by atoms with Crippen LogP contribution in [0.25, 0.3) is 0 Å². The Kier molecular flexibility index (Phi) is 13.8. The summed E-state index contributed by atoms with van der Waals surface area (Å²) in [6.45, 7) is 9.40. The van der Waals surface area contributed by atoms with Gasteiger partial charge in [0, 0.05) is 37.8 Å². The number of nitro benzene ring substituents is 1. The molecule has 9 heteroatoms. The van der Waals surface area contributed by atoms with E-state index in [1.165, 1.54) is 43.7 Å². The molecule has 0 spiro atoms. The molecule has 0 saturated heterocycles. The third-order valence-electron chi connectivity index (χ3n) is 5.53. The maximum Gasteiger partial charge on any atom is 0.284 e. The van der Waals surface area contributed by atoms with Crippen molar-refractivity contribution < 1.29 is 4.92 Å². The molecule has 0 amide bonds. The van der Waals surface area contributed by atoms with E-state index in [-0.39, 0.29) is 10.6 Å². The molecule has 0 fully saturated rings. The van der Waals surface area contributed by atoms with Crippen molar-refractivity contribution in [3.05, 3.63) is 52.6 Å². The third kappa shape index (κ3) is 11.2. The zero-order valence-corrected chi connectivity index (χ0v) is 20.9. The van der Waals surface area contributed by atoms with E-state index in [9.17, 15) is 10.1 Å². The number of aromatic nitrogens is 2. The van der Waals surface area contributed by atoms with E-state index in [1.807, 2.05) is 12.4 Å². The Morgan fingerprint density at radius 3 is 2.73 bits per heavy atom. The highest BCUT2D eigenvalue weighted by Gasteiger charge is 2.12. The van der Waals surface area contributed by atoms with Crippen molar-refractivity contribution in [2.24, 2.45) is 0 Å². The van der Waals surface area contributed by atoms with Crippen LogP contribution in [0, 0.1) is 10.1 Å². The second-order valence-electron chi connectivity index (χ2n) is 8.23. The number of nitrogens with zero attached hydrogens (tertiary/aromatic N) is 3. The van der Waals surface area contributed by atoms with Gasteiger partial charge in [-0.25, -0.2) is 4.98 Å². The van der Waals surface area contributed by atoms with Crippen LogP contribution in [0.1, 0.15) is 58.1 Å². The number of aryl methyl sites for hydroxylation is 1. The molecular formula is C24H40N6O2S. The normalized spacial score (nSPS) is 12.2. The lowest BCUT2D eigenvalue weighted by Crippen LogP contribution is -2.31. The molecule has 0 aliphatic carbocycles. The molecule has 0 bridgehead atoms. The van der Waals surface area contributed by atoms with Gasteiger partial charge in [-0.1, -0.05) is 32.4 Å². The molecule has 0 saturated carbocycles. The van der Waals surface area contributed by atoms with Crippen molar-refractivity contribution in [2.45, 2.75) is 76.3 Å². The largest absolute Gasteiger partial charge is 0.337 e. The topological polar surface area (TPSA) is 97.0 Å². The first-order valence-corrected chi connectivity index (χ1v) is 13.0. The Labute approximate surface area is 202 Å². The second kappa shape index (κ2) is 16.6. The van der Waals surface area contributed by atoms with Crippen molar-refractivity contribution in [2.75, 3.05) is 26.2 Å². The highest BCUT2D eigenvalue weighted by atomic mass is 32.2. The van der Waals surface area contributed by atoms with Gasteiger partial charge >= 0.3 is 0 Å². The van der Waals surface area contributed by atoms with Gasteiger partial charge in [0.25, 0.3) is 5.69 Å². The molecule has 184 valence electrons. The van der Waals surface area contributed by atoms with Crippen LogP contribution in [0.3, 0.4) is 0 Å². The number of para-hydroxylation sites is 1. The van der Waals surface area contributed by atoms with Gasteiger partial charge in [-0.05, 0) is 69.8 Å². The summed E-state index contributed by atoms with van der Waals surface area (Å²) in [5, 5.41) is 18.3. The molecule has 1 atom stereocenters. The SMILES string of the molecule is CCCC(CC)NCCCNCCCCn1cnc(CCNSc2ccccc2[N+](=O)[O-])c1. The average Bonchev–Trinajstić information content (AvgIpc) is 3.27. The summed E-state index contributed by atoms with van der Waals surface area (Å²) in [4.78, 5) is 15.8. The van der Waals surface area contributed by atoms with E-state index in [1.54, 1.807) is 12.1 Å². The Bertz CT molecular complexity index is 801. The average molecular weight is 477 g/mol. The molecule has 2 aromatic rings. The van der Waals surface area contributed by atoms with Gasteiger partial charge in [0.2, 0.25) is 0 Å². The quantitative estimate of drug-likeness (QED) is 0.118. The number of imidazole rings is 1. The van der Waals surface area contributed by atoms with E-state index in [4.69, 9.17) is 0 Å². The van der Waals surface area contributed by atoms with Crippen molar-refractivity contribution >= 4 is 17.6 Å². The summed E-state index contributed by atoms with van der Waals surface area (Å²) in [6, 6.07) is 7.44. The molecule has 1 unspecified atom stereocenters. The molecule has 3 N–H and O–H groups in total. The lowest BCUT2D eigenvalue weighted by Gasteiger charge is -2.15. The molecule has 1 heterocycles. The highest BCUT2D eigenvalue weighted by Crippen LogP contribution is 2.26. The number of unbranched alkanes of at least 4 members (excludes halogenated alkanes) is 1. The highest BCUT2D eigenvalue weighted by molar-refractivity contribution is 7.97. The van der Waals surface area contributed by atoms with Gasteiger partial charge < -0.3 is 15.2 Å². The Balaban J connectivity index is 1.50.